The highest BCUT2D eigenvalue weighted by Gasteiger charge is 1.96. The third-order valence-electron chi connectivity index (χ3n) is 0.450. The molecule has 0 aromatic rings. The van der Waals surface area contributed by atoms with Gasteiger partial charge in [-0.05, 0) is 0 Å². The average molecular weight is 165 g/mol. The van der Waals surface area contributed by atoms with Crippen molar-refractivity contribution in [1.82, 2.24) is 0 Å². The summed E-state index contributed by atoms with van der Waals surface area (Å²) in [4.78, 5) is 28.9. The molecule has 6 nitrogen and oxygen atoms in total. The van der Waals surface area contributed by atoms with Gasteiger partial charge in [0.25, 0.3) is 0 Å². The van der Waals surface area contributed by atoms with Crippen molar-refractivity contribution in [3.63, 3.8) is 0 Å². The molecule has 0 bridgehead atoms. The maximum Gasteiger partial charge on any atom is 0.139 e. The minimum Gasteiger partial charge on any atom is -0.780 e. The van der Waals surface area contributed by atoms with Crippen molar-refractivity contribution in [1.29, 1.82) is 0 Å². The van der Waals surface area contributed by atoms with Gasteiger partial charge in [0.15, 0.2) is 0 Å². The summed E-state index contributed by atoms with van der Waals surface area (Å²) in [6, 6.07) is 0. The topological polar surface area (TPSA) is 113 Å². The largest absolute Gasteiger partial charge is 0.780 e. The summed E-state index contributed by atoms with van der Waals surface area (Å²) in [7, 11) is -5.30. The van der Waals surface area contributed by atoms with Crippen molar-refractivity contribution < 1.29 is 28.8 Å². The molecule has 0 aromatic heterocycles. The Morgan fingerprint density at radius 3 is 2.00 bits per heavy atom. The van der Waals surface area contributed by atoms with E-state index < -0.39 is 19.6 Å². The van der Waals surface area contributed by atoms with Gasteiger partial charge in [-0.15, -0.1) is 0 Å². The van der Waals surface area contributed by atoms with E-state index >= 15 is 0 Å². The van der Waals surface area contributed by atoms with Crippen molar-refractivity contribution in [2.75, 3.05) is 0 Å². The molecule has 7 heteroatoms. The number of carbonyl (C=O) groups is 1. The van der Waals surface area contributed by atoms with Crippen LogP contribution in [0.25, 0.3) is 0 Å². The van der Waals surface area contributed by atoms with Crippen molar-refractivity contribution in [3.8, 4) is 0 Å². The molecule has 0 rings (SSSR count). The number of phosphoric ester groups is 1. The summed E-state index contributed by atoms with van der Waals surface area (Å²) in [6.07, 6.45) is 0. The lowest BCUT2D eigenvalue weighted by molar-refractivity contribution is -0.342. The van der Waals surface area contributed by atoms with Gasteiger partial charge in [0.05, 0.1) is 0 Å². The number of hydrogen-bond donors (Lipinski definition) is 0. The molecule has 0 aliphatic rings. The van der Waals surface area contributed by atoms with Gasteiger partial charge in [0, 0.05) is 0 Å². The number of rotatable bonds is 3. The lowest BCUT2D eigenvalue weighted by Crippen LogP contribution is -2.27. The molecule has 0 N–H and O–H groups in total. The lowest BCUT2D eigenvalue weighted by Gasteiger charge is -2.29. The van der Waals surface area contributed by atoms with Crippen LogP contribution < -0.4 is 14.9 Å². The third-order valence-corrected chi connectivity index (χ3v) is 0.894. The van der Waals surface area contributed by atoms with E-state index in [1.54, 1.807) is 0 Å². The molecular formula is C3H2O6P-3. The lowest BCUT2D eigenvalue weighted by atomic mass is 10.6. The number of hydrogen-bond acceptors (Lipinski definition) is 6. The maximum atomic E-state index is 9.64. The summed E-state index contributed by atoms with van der Waals surface area (Å²) >= 11 is 0. The van der Waals surface area contributed by atoms with E-state index in [1.807, 2.05) is 0 Å². The zero-order valence-electron chi connectivity index (χ0n) is 4.60. The molecule has 0 amide bonds. The minimum absolute atomic E-state index is 1.21. The van der Waals surface area contributed by atoms with Crippen LogP contribution in [0.4, 0.5) is 0 Å². The first-order chi connectivity index (χ1) is 4.33. The number of carbonyl (C=O) groups excluding carboxylic acids is 1. The van der Waals surface area contributed by atoms with Gasteiger partial charge in [-0.25, -0.2) is 0 Å². The molecule has 0 unspecified atom stereocenters. The molecule has 0 radical (unpaired) electrons. The molecule has 0 aliphatic heterocycles. The third kappa shape index (κ3) is 4.08. The van der Waals surface area contributed by atoms with Crippen LogP contribution in [-0.2, 0) is 13.9 Å². The number of phosphoric acid groups is 1. The summed E-state index contributed by atoms with van der Waals surface area (Å²) in [6.45, 7) is 2.58. The SMILES string of the molecule is C=C(OP(=O)([O-])[O-])C(=O)[O-]. The molecule has 0 saturated carbocycles. The van der Waals surface area contributed by atoms with E-state index in [4.69, 9.17) is 0 Å². The zero-order chi connectivity index (χ0) is 8.36. The smallest absolute Gasteiger partial charge is 0.139 e. The van der Waals surface area contributed by atoms with Gasteiger partial charge >= 0.3 is 0 Å². The fourth-order valence-corrected chi connectivity index (χ4v) is 0.517. The first kappa shape index (κ1) is 9.16. The second-order valence-electron chi connectivity index (χ2n) is 1.25. The molecule has 0 atom stereocenters. The van der Waals surface area contributed by atoms with Gasteiger partial charge in [-0.1, -0.05) is 6.58 Å². The molecule has 0 spiro atoms. The van der Waals surface area contributed by atoms with Crippen LogP contribution in [0, 0.1) is 0 Å². The van der Waals surface area contributed by atoms with Crippen LogP contribution >= 0.6 is 7.82 Å². The molecule has 0 fully saturated rings. The minimum atomic E-state index is -5.30. The summed E-state index contributed by atoms with van der Waals surface area (Å²) in [5, 5.41) is 9.64. The molecule has 0 aromatic carbocycles. The monoisotopic (exact) mass is 165 g/mol. The molecule has 0 heterocycles. The van der Waals surface area contributed by atoms with E-state index in [2.05, 4.69) is 11.1 Å². The molecule has 0 saturated heterocycles. The second kappa shape index (κ2) is 2.83. The Kier molecular flexibility index (Phi) is 2.59. The van der Waals surface area contributed by atoms with E-state index in [0.29, 0.717) is 0 Å². The Labute approximate surface area is 56.0 Å². The standard InChI is InChI=1S/C3H5O6P/c1-2(3(4)5)9-10(6,7)8/h1H2,(H,4,5)(H2,6,7,8)/p-3. The number of carboxylic acids is 1. The zero-order valence-corrected chi connectivity index (χ0v) is 5.50. The Bertz CT molecular complexity index is 201. The molecule has 10 heavy (non-hydrogen) atoms. The van der Waals surface area contributed by atoms with Crippen LogP contribution in [0.3, 0.4) is 0 Å². The van der Waals surface area contributed by atoms with Gasteiger partial charge < -0.3 is 28.8 Å². The Morgan fingerprint density at radius 2 is 1.90 bits per heavy atom. The van der Waals surface area contributed by atoms with Crippen LogP contribution in [0.2, 0.25) is 0 Å². The van der Waals surface area contributed by atoms with Crippen LogP contribution in [0.5, 0.6) is 0 Å². The first-order valence-electron chi connectivity index (χ1n) is 1.95. The quantitative estimate of drug-likeness (QED) is 0.251. The van der Waals surface area contributed by atoms with E-state index in [9.17, 15) is 24.3 Å². The predicted molar refractivity (Wildman–Crippen MR) is 22.8 cm³/mol. The fraction of sp³-hybridized carbons (Fsp3) is 0. The predicted octanol–water partition coefficient (Wildman–Crippen LogP) is -2.90. The van der Waals surface area contributed by atoms with Crippen LogP contribution in [0.1, 0.15) is 0 Å². The summed E-state index contributed by atoms with van der Waals surface area (Å²) < 4.78 is 12.9. The van der Waals surface area contributed by atoms with Gasteiger partial charge in [-0.3, -0.25) is 0 Å². The Balaban J connectivity index is 4.07. The molecule has 58 valence electrons. The van der Waals surface area contributed by atoms with Gasteiger partial charge in [0.1, 0.15) is 19.6 Å². The Hall–Kier alpha value is -0.840. The normalized spacial score (nSPS) is 10.6. The molecule has 0 aliphatic carbocycles. The highest BCUT2D eigenvalue weighted by Crippen LogP contribution is 2.27. The average Bonchev–Trinajstić information content (AvgIpc) is 1.60. The fourth-order valence-electron chi connectivity index (χ4n) is 0.172. The molecular weight excluding hydrogens is 163 g/mol. The van der Waals surface area contributed by atoms with E-state index in [0.717, 1.165) is 0 Å². The highest BCUT2D eigenvalue weighted by atomic mass is 31.2. The highest BCUT2D eigenvalue weighted by molar-refractivity contribution is 7.43. The second-order valence-corrected chi connectivity index (χ2v) is 2.33. The number of aliphatic carboxylic acids is 1. The van der Waals surface area contributed by atoms with Crippen molar-refractivity contribution >= 4 is 13.8 Å². The van der Waals surface area contributed by atoms with Crippen LogP contribution in [-0.4, -0.2) is 5.97 Å². The van der Waals surface area contributed by atoms with E-state index in [-0.39, 0.29) is 0 Å². The van der Waals surface area contributed by atoms with Crippen molar-refractivity contribution in [2.45, 2.75) is 0 Å². The Morgan fingerprint density at radius 1 is 1.50 bits per heavy atom. The first-order valence-corrected chi connectivity index (χ1v) is 3.41. The van der Waals surface area contributed by atoms with E-state index in [1.165, 1.54) is 0 Å². The number of carboxylic acid groups (broad SMARTS) is 1. The summed E-state index contributed by atoms with van der Waals surface area (Å²) in [5.74, 6) is -3.15. The summed E-state index contributed by atoms with van der Waals surface area (Å²) in [5.41, 5.74) is 0. The van der Waals surface area contributed by atoms with Crippen LogP contribution in [0.15, 0.2) is 12.3 Å². The van der Waals surface area contributed by atoms with Crippen molar-refractivity contribution in [3.05, 3.63) is 12.3 Å². The van der Waals surface area contributed by atoms with Gasteiger partial charge in [0.2, 0.25) is 0 Å². The van der Waals surface area contributed by atoms with Gasteiger partial charge in [-0.2, -0.15) is 0 Å². The van der Waals surface area contributed by atoms with Crippen molar-refractivity contribution in [2.24, 2.45) is 0 Å². The maximum absolute atomic E-state index is 9.64.